The lowest BCUT2D eigenvalue weighted by Gasteiger charge is -2.16. The molecule has 0 aliphatic carbocycles. The van der Waals surface area contributed by atoms with Gasteiger partial charge in [0.05, 0.1) is 13.0 Å². The highest BCUT2D eigenvalue weighted by molar-refractivity contribution is 5.70. The van der Waals surface area contributed by atoms with Crippen molar-refractivity contribution in [2.75, 3.05) is 6.61 Å². The first-order valence-electron chi connectivity index (χ1n) is 7.28. The molecule has 21 heavy (non-hydrogen) atoms. The number of carboxylic acid groups (broad SMARTS) is 1. The predicted octanol–water partition coefficient (Wildman–Crippen LogP) is 4.08. The molecule has 2 aromatic rings. The van der Waals surface area contributed by atoms with E-state index in [1.807, 2.05) is 30.3 Å². The third-order valence-electron chi connectivity index (χ3n) is 3.93. The number of carbonyl (C=O) groups is 1. The van der Waals surface area contributed by atoms with Crippen molar-refractivity contribution >= 4 is 5.97 Å². The summed E-state index contributed by atoms with van der Waals surface area (Å²) in [6, 6.07) is 16.2. The summed E-state index contributed by atoms with van der Waals surface area (Å²) in [5.74, 6) is 0.111. The van der Waals surface area contributed by atoms with Gasteiger partial charge in [0.25, 0.3) is 0 Å². The maximum atomic E-state index is 11.1. The molecule has 1 heterocycles. The van der Waals surface area contributed by atoms with Gasteiger partial charge in [0, 0.05) is 0 Å². The summed E-state index contributed by atoms with van der Waals surface area (Å²) in [6.45, 7) is 0.661. The van der Waals surface area contributed by atoms with Crippen molar-refractivity contribution in [3.63, 3.8) is 0 Å². The van der Waals surface area contributed by atoms with Crippen molar-refractivity contribution in [2.45, 2.75) is 25.2 Å². The van der Waals surface area contributed by atoms with E-state index < -0.39 is 5.97 Å². The van der Waals surface area contributed by atoms with Gasteiger partial charge in [-0.2, -0.15) is 0 Å². The van der Waals surface area contributed by atoms with E-state index in [0.717, 1.165) is 35.3 Å². The van der Waals surface area contributed by atoms with Gasteiger partial charge in [-0.15, -0.1) is 0 Å². The average molecular weight is 282 g/mol. The number of rotatable bonds is 3. The zero-order chi connectivity index (χ0) is 14.7. The largest absolute Gasteiger partial charge is 0.493 e. The Hall–Kier alpha value is -2.29. The highest BCUT2D eigenvalue weighted by atomic mass is 16.5. The number of aliphatic carboxylic acids is 1. The lowest BCUT2D eigenvalue weighted by atomic mass is 9.89. The first kappa shape index (κ1) is 13.7. The van der Waals surface area contributed by atoms with Crippen LogP contribution in [0.2, 0.25) is 0 Å². The first-order valence-corrected chi connectivity index (χ1v) is 7.28. The van der Waals surface area contributed by atoms with Crippen molar-refractivity contribution in [1.29, 1.82) is 0 Å². The standard InChI is InChI=1S/C18H18O3/c19-18(20)12-15-7-4-10-21-17-9-8-14(11-16(15)17)13-5-2-1-3-6-13/h1-3,5-6,8-9,11,15H,4,7,10,12H2,(H,19,20). The molecule has 3 heteroatoms. The Morgan fingerprint density at radius 1 is 1.14 bits per heavy atom. The van der Waals surface area contributed by atoms with Crippen molar-refractivity contribution in [3.8, 4) is 16.9 Å². The number of fused-ring (bicyclic) bond motifs is 1. The number of carboxylic acids is 1. The van der Waals surface area contributed by atoms with Crippen LogP contribution < -0.4 is 4.74 Å². The molecule has 108 valence electrons. The molecule has 1 aliphatic heterocycles. The Morgan fingerprint density at radius 2 is 1.95 bits per heavy atom. The summed E-state index contributed by atoms with van der Waals surface area (Å²) in [7, 11) is 0. The molecule has 0 aromatic heterocycles. The lowest BCUT2D eigenvalue weighted by Crippen LogP contribution is -2.06. The van der Waals surface area contributed by atoms with Gasteiger partial charge in [0.2, 0.25) is 0 Å². The minimum Gasteiger partial charge on any atom is -0.493 e. The number of benzene rings is 2. The van der Waals surface area contributed by atoms with E-state index >= 15 is 0 Å². The molecule has 0 bridgehead atoms. The van der Waals surface area contributed by atoms with E-state index in [4.69, 9.17) is 9.84 Å². The van der Waals surface area contributed by atoms with E-state index in [-0.39, 0.29) is 12.3 Å². The smallest absolute Gasteiger partial charge is 0.303 e. The molecule has 0 spiro atoms. The van der Waals surface area contributed by atoms with Gasteiger partial charge >= 0.3 is 5.97 Å². The second kappa shape index (κ2) is 6.00. The van der Waals surface area contributed by atoms with Gasteiger partial charge in [0.15, 0.2) is 0 Å². The number of hydrogen-bond acceptors (Lipinski definition) is 2. The van der Waals surface area contributed by atoms with Crippen LogP contribution in [-0.4, -0.2) is 17.7 Å². The molecule has 0 saturated carbocycles. The van der Waals surface area contributed by atoms with Gasteiger partial charge in [0.1, 0.15) is 5.75 Å². The monoisotopic (exact) mass is 282 g/mol. The van der Waals surface area contributed by atoms with Crippen LogP contribution in [0.1, 0.15) is 30.7 Å². The fourth-order valence-corrected chi connectivity index (χ4v) is 2.90. The predicted molar refractivity (Wildman–Crippen MR) is 81.6 cm³/mol. The van der Waals surface area contributed by atoms with Gasteiger partial charge < -0.3 is 9.84 Å². The Balaban J connectivity index is 2.01. The highest BCUT2D eigenvalue weighted by Crippen LogP contribution is 2.37. The van der Waals surface area contributed by atoms with Crippen molar-refractivity contribution in [1.82, 2.24) is 0 Å². The summed E-state index contributed by atoms with van der Waals surface area (Å²) in [5, 5.41) is 9.13. The zero-order valence-corrected chi connectivity index (χ0v) is 11.8. The fourth-order valence-electron chi connectivity index (χ4n) is 2.90. The normalized spacial score (nSPS) is 17.4. The molecular formula is C18H18O3. The number of hydrogen-bond donors (Lipinski definition) is 1. The zero-order valence-electron chi connectivity index (χ0n) is 11.8. The quantitative estimate of drug-likeness (QED) is 0.922. The fraction of sp³-hybridized carbons (Fsp3) is 0.278. The molecule has 0 fully saturated rings. The number of ether oxygens (including phenoxy) is 1. The summed E-state index contributed by atoms with van der Waals surface area (Å²) in [5.41, 5.74) is 3.27. The molecule has 1 atom stereocenters. The summed E-state index contributed by atoms with van der Waals surface area (Å²) in [4.78, 5) is 11.1. The SMILES string of the molecule is O=C(O)CC1CCCOc2ccc(-c3ccccc3)cc21. The molecule has 0 radical (unpaired) electrons. The molecule has 3 rings (SSSR count). The maximum absolute atomic E-state index is 11.1. The van der Waals surface area contributed by atoms with Crippen LogP contribution in [0.25, 0.3) is 11.1 Å². The van der Waals surface area contributed by atoms with Crippen LogP contribution in [0.15, 0.2) is 48.5 Å². The van der Waals surface area contributed by atoms with Crippen LogP contribution in [0.5, 0.6) is 5.75 Å². The van der Waals surface area contributed by atoms with E-state index in [0.29, 0.717) is 6.61 Å². The lowest BCUT2D eigenvalue weighted by molar-refractivity contribution is -0.137. The van der Waals surface area contributed by atoms with Crippen LogP contribution in [0.3, 0.4) is 0 Å². The van der Waals surface area contributed by atoms with Crippen molar-refractivity contribution < 1.29 is 14.6 Å². The van der Waals surface area contributed by atoms with Gasteiger partial charge in [-0.3, -0.25) is 4.79 Å². The van der Waals surface area contributed by atoms with Crippen LogP contribution in [0, 0.1) is 0 Å². The Kier molecular flexibility index (Phi) is 3.91. The van der Waals surface area contributed by atoms with Crippen molar-refractivity contribution in [2.24, 2.45) is 0 Å². The molecule has 3 nitrogen and oxygen atoms in total. The van der Waals surface area contributed by atoms with Gasteiger partial charge in [-0.25, -0.2) is 0 Å². The summed E-state index contributed by atoms with van der Waals surface area (Å²) in [6.07, 6.45) is 1.92. The molecule has 0 saturated heterocycles. The van der Waals surface area contributed by atoms with E-state index in [2.05, 4.69) is 18.2 Å². The summed E-state index contributed by atoms with van der Waals surface area (Å²) >= 11 is 0. The molecule has 2 aromatic carbocycles. The van der Waals surface area contributed by atoms with Crippen molar-refractivity contribution in [3.05, 3.63) is 54.1 Å². The minimum atomic E-state index is -0.752. The van der Waals surface area contributed by atoms with E-state index in [1.54, 1.807) is 0 Å². The van der Waals surface area contributed by atoms with E-state index in [1.165, 1.54) is 0 Å². The van der Waals surface area contributed by atoms with Crippen LogP contribution in [-0.2, 0) is 4.79 Å². The molecule has 1 N–H and O–H groups in total. The molecule has 0 amide bonds. The second-order valence-electron chi connectivity index (χ2n) is 5.40. The Labute approximate surface area is 124 Å². The third-order valence-corrected chi connectivity index (χ3v) is 3.93. The summed E-state index contributed by atoms with van der Waals surface area (Å²) < 4.78 is 5.76. The van der Waals surface area contributed by atoms with Gasteiger partial charge in [-0.05, 0) is 47.6 Å². The molecular weight excluding hydrogens is 264 g/mol. The van der Waals surface area contributed by atoms with E-state index in [9.17, 15) is 4.79 Å². The van der Waals surface area contributed by atoms with Crippen LogP contribution in [0.4, 0.5) is 0 Å². The van der Waals surface area contributed by atoms with Crippen LogP contribution >= 0.6 is 0 Å². The average Bonchev–Trinajstić information content (AvgIpc) is 2.70. The third kappa shape index (κ3) is 3.07. The topological polar surface area (TPSA) is 46.5 Å². The maximum Gasteiger partial charge on any atom is 0.303 e. The highest BCUT2D eigenvalue weighted by Gasteiger charge is 2.22. The Bertz CT molecular complexity index is 634. The Morgan fingerprint density at radius 3 is 2.71 bits per heavy atom. The van der Waals surface area contributed by atoms with Gasteiger partial charge in [-0.1, -0.05) is 36.4 Å². The first-order chi connectivity index (χ1) is 10.2. The second-order valence-corrected chi connectivity index (χ2v) is 5.40. The molecule has 1 unspecified atom stereocenters. The minimum absolute atomic E-state index is 0.0312. The molecule has 1 aliphatic rings.